The maximum Gasteiger partial charge on any atom is 0.481 e. The van der Waals surface area contributed by atoms with Crippen LogP contribution in [0.25, 0.3) is 11.2 Å². The SMILES string of the molecule is Nc1nc([O-])c2c(n1)[n+]([C@@H]1O[C@H](COP(=O)(O)OP(=O)(O)O)[C@@H](O)[C@H]1O)cn2Cc1cccc(F)c1. The number of anilines is 1. The van der Waals surface area contributed by atoms with Crippen LogP contribution in [0.15, 0.2) is 30.6 Å². The van der Waals surface area contributed by atoms with Gasteiger partial charge in [-0.2, -0.15) is 4.31 Å². The van der Waals surface area contributed by atoms with Gasteiger partial charge in [-0.3, -0.25) is 9.09 Å². The van der Waals surface area contributed by atoms with E-state index in [9.17, 15) is 33.7 Å². The Hall–Kier alpha value is -2.56. The first kappa shape index (κ1) is 26.5. The number of aliphatic hydroxyl groups excluding tert-OH is 2. The van der Waals surface area contributed by atoms with E-state index in [2.05, 4.69) is 18.8 Å². The summed E-state index contributed by atoms with van der Waals surface area (Å²) in [5.74, 6) is -1.69. The van der Waals surface area contributed by atoms with Crippen molar-refractivity contribution in [1.29, 1.82) is 0 Å². The molecule has 19 heteroatoms. The Balaban J connectivity index is 1.64. The van der Waals surface area contributed by atoms with Crippen molar-refractivity contribution in [2.75, 3.05) is 12.3 Å². The Labute approximate surface area is 200 Å². The second kappa shape index (κ2) is 9.72. The van der Waals surface area contributed by atoms with E-state index in [0.717, 1.165) is 4.57 Å². The number of imidazole rings is 1. The standard InChI is InChI=1S/C17H20FN5O11P2/c18-9-3-1-2-8(4-9)5-22-7-23(14-11(22)15(26)21-17(19)20-14)16-13(25)12(24)10(33-16)6-32-36(30,31)34-35(27,28)29/h1-4,7,10,12-13,16,24-25H,5-6H2,(H5-,19,20,21,26,27,28,29,30,31)/t10-,12-,13-,16-/m1/s1. The summed E-state index contributed by atoms with van der Waals surface area (Å²) in [7, 11) is -10.6. The number of aliphatic hydroxyl groups is 2. The molecular formula is C17H20FN5O11P2. The summed E-state index contributed by atoms with van der Waals surface area (Å²) >= 11 is 0. The Bertz CT molecular complexity index is 1380. The first-order valence-corrected chi connectivity index (χ1v) is 13.0. The van der Waals surface area contributed by atoms with Crippen LogP contribution in [-0.4, -0.2) is 64.3 Å². The molecule has 5 atom stereocenters. The first-order chi connectivity index (χ1) is 16.7. The predicted molar refractivity (Wildman–Crippen MR) is 112 cm³/mol. The molecular weight excluding hydrogens is 531 g/mol. The third-order valence-corrected chi connectivity index (χ3v) is 7.26. The third-order valence-electron chi connectivity index (χ3n) is 5.11. The van der Waals surface area contributed by atoms with Crippen LogP contribution in [0.4, 0.5) is 10.3 Å². The van der Waals surface area contributed by atoms with Crippen LogP contribution in [0.5, 0.6) is 5.88 Å². The average Bonchev–Trinajstić information content (AvgIpc) is 3.22. The number of nitrogens with two attached hydrogens (primary N) is 1. The molecule has 1 unspecified atom stereocenters. The number of phosphoric acid groups is 2. The number of rotatable bonds is 8. The summed E-state index contributed by atoms with van der Waals surface area (Å²) in [6.45, 7) is -0.940. The lowest BCUT2D eigenvalue weighted by atomic mass is 10.1. The molecule has 1 aromatic carbocycles. The highest BCUT2D eigenvalue weighted by Gasteiger charge is 2.48. The number of nitrogen functional groups attached to an aromatic ring is 1. The monoisotopic (exact) mass is 551 g/mol. The van der Waals surface area contributed by atoms with Crippen LogP contribution < -0.4 is 15.4 Å². The van der Waals surface area contributed by atoms with Crippen molar-refractivity contribution < 1.29 is 61.7 Å². The van der Waals surface area contributed by atoms with E-state index >= 15 is 0 Å². The van der Waals surface area contributed by atoms with Gasteiger partial charge in [0.15, 0.2) is 11.8 Å². The van der Waals surface area contributed by atoms with Gasteiger partial charge in [0, 0.05) is 5.88 Å². The smallest absolute Gasteiger partial charge is 0.481 e. The van der Waals surface area contributed by atoms with Gasteiger partial charge in [0.05, 0.1) is 13.2 Å². The molecule has 16 nitrogen and oxygen atoms in total. The molecule has 7 N–H and O–H groups in total. The van der Waals surface area contributed by atoms with Crippen molar-refractivity contribution in [2.24, 2.45) is 0 Å². The highest BCUT2D eigenvalue weighted by molar-refractivity contribution is 7.60. The molecule has 196 valence electrons. The van der Waals surface area contributed by atoms with Crippen LogP contribution in [0.1, 0.15) is 11.8 Å². The highest BCUT2D eigenvalue weighted by Crippen LogP contribution is 2.57. The van der Waals surface area contributed by atoms with E-state index in [4.69, 9.17) is 20.3 Å². The highest BCUT2D eigenvalue weighted by atomic mass is 31.3. The number of halogens is 1. The topological polar surface area (TPSA) is 247 Å². The van der Waals surface area contributed by atoms with Crippen molar-refractivity contribution in [3.05, 3.63) is 42.0 Å². The van der Waals surface area contributed by atoms with Crippen molar-refractivity contribution in [1.82, 2.24) is 14.5 Å². The molecule has 1 aliphatic heterocycles. The van der Waals surface area contributed by atoms with E-state index in [1.807, 2.05) is 0 Å². The molecule has 0 bridgehead atoms. The number of hydrogen-bond acceptors (Lipinski definition) is 11. The lowest BCUT2D eigenvalue weighted by Gasteiger charge is -2.17. The van der Waals surface area contributed by atoms with Gasteiger partial charge in [-0.15, -0.1) is 0 Å². The zero-order valence-corrected chi connectivity index (χ0v) is 19.7. The molecule has 0 spiro atoms. The van der Waals surface area contributed by atoms with Crippen LogP contribution >= 0.6 is 15.6 Å². The second-order valence-corrected chi connectivity index (χ2v) is 10.6. The minimum absolute atomic E-state index is 0.0188. The maximum atomic E-state index is 13.7. The summed E-state index contributed by atoms with van der Waals surface area (Å²) in [6.07, 6.45) is -5.03. The molecule has 2 aromatic heterocycles. The van der Waals surface area contributed by atoms with Crippen molar-refractivity contribution >= 4 is 32.8 Å². The second-order valence-electron chi connectivity index (χ2n) is 7.72. The van der Waals surface area contributed by atoms with E-state index in [-0.39, 0.29) is 17.7 Å². The molecule has 4 rings (SSSR count). The number of phosphoric ester groups is 1. The number of aromatic nitrogens is 4. The van der Waals surface area contributed by atoms with Crippen LogP contribution in [-0.2, 0) is 29.2 Å². The number of benzene rings is 1. The minimum Gasteiger partial charge on any atom is -0.856 e. The van der Waals surface area contributed by atoms with Crippen molar-refractivity contribution in [2.45, 2.75) is 31.1 Å². The van der Waals surface area contributed by atoms with Gasteiger partial charge in [0.25, 0.3) is 5.95 Å². The Kier molecular flexibility index (Phi) is 7.15. The van der Waals surface area contributed by atoms with E-state index < -0.39 is 64.4 Å². The van der Waals surface area contributed by atoms with Gasteiger partial charge in [0.1, 0.15) is 24.1 Å². The Morgan fingerprint density at radius 1 is 1.22 bits per heavy atom. The summed E-state index contributed by atoms with van der Waals surface area (Å²) in [6, 6.07) is 5.55. The van der Waals surface area contributed by atoms with Gasteiger partial charge < -0.3 is 40.5 Å². The zero-order chi connectivity index (χ0) is 26.4. The van der Waals surface area contributed by atoms with Gasteiger partial charge in [-0.25, -0.2) is 23.1 Å². The fraction of sp³-hybridized carbons (Fsp3) is 0.353. The molecule has 1 saturated heterocycles. The number of fused-ring (bicyclic) bond motifs is 1. The summed E-state index contributed by atoms with van der Waals surface area (Å²) in [5.41, 5.74) is 5.90. The van der Waals surface area contributed by atoms with Gasteiger partial charge >= 0.3 is 21.3 Å². The molecule has 3 aromatic rings. The summed E-state index contributed by atoms with van der Waals surface area (Å²) < 4.78 is 52.3. The quantitative estimate of drug-likeness (QED) is 0.136. The Morgan fingerprint density at radius 3 is 2.61 bits per heavy atom. The van der Waals surface area contributed by atoms with E-state index in [0.29, 0.717) is 5.56 Å². The van der Waals surface area contributed by atoms with E-state index in [1.54, 1.807) is 6.07 Å². The lowest BCUT2D eigenvalue weighted by Crippen LogP contribution is -2.46. The van der Waals surface area contributed by atoms with Crippen LogP contribution in [0, 0.1) is 5.82 Å². The lowest BCUT2D eigenvalue weighted by molar-refractivity contribution is -0.745. The van der Waals surface area contributed by atoms with Crippen molar-refractivity contribution in [3.8, 4) is 5.88 Å². The van der Waals surface area contributed by atoms with Crippen LogP contribution in [0.2, 0.25) is 0 Å². The normalized spacial score (nSPS) is 24.3. The van der Waals surface area contributed by atoms with Gasteiger partial charge in [-0.05, 0) is 17.7 Å². The molecule has 3 heterocycles. The molecule has 1 fully saturated rings. The number of hydrogen-bond donors (Lipinski definition) is 6. The first-order valence-electron chi connectivity index (χ1n) is 9.99. The number of ether oxygens (including phenoxy) is 1. The third kappa shape index (κ3) is 5.71. The van der Waals surface area contributed by atoms with Gasteiger partial charge in [0.2, 0.25) is 6.23 Å². The minimum atomic E-state index is -5.38. The molecule has 0 radical (unpaired) electrons. The molecule has 36 heavy (non-hydrogen) atoms. The summed E-state index contributed by atoms with van der Waals surface area (Å²) in [5, 5.41) is 33.5. The average molecular weight is 551 g/mol. The van der Waals surface area contributed by atoms with E-state index in [1.165, 1.54) is 29.1 Å². The Morgan fingerprint density at radius 2 is 1.94 bits per heavy atom. The zero-order valence-electron chi connectivity index (χ0n) is 17.9. The molecule has 0 saturated carbocycles. The van der Waals surface area contributed by atoms with Crippen LogP contribution in [0.3, 0.4) is 0 Å². The predicted octanol–water partition coefficient (Wildman–Crippen LogP) is -1.59. The van der Waals surface area contributed by atoms with Gasteiger partial charge in [-0.1, -0.05) is 17.1 Å². The summed E-state index contributed by atoms with van der Waals surface area (Å²) in [4.78, 5) is 34.4. The molecule has 1 aliphatic rings. The largest absolute Gasteiger partial charge is 0.856 e. The molecule has 0 aliphatic carbocycles. The maximum absolute atomic E-state index is 13.7. The fourth-order valence-electron chi connectivity index (χ4n) is 3.69. The number of nitrogens with zero attached hydrogens (tertiary/aromatic N) is 4. The molecule has 0 amide bonds. The fourth-order valence-corrected chi connectivity index (χ4v) is 5.29. The van der Waals surface area contributed by atoms with Crippen molar-refractivity contribution in [3.63, 3.8) is 0 Å².